The molecule has 1 N–H and O–H groups in total. The summed E-state index contributed by atoms with van der Waals surface area (Å²) in [5.41, 5.74) is 0. The van der Waals surface area contributed by atoms with E-state index in [0.717, 1.165) is 35.4 Å². The molecule has 2 aromatic heterocycles. The third-order valence-electron chi connectivity index (χ3n) is 3.14. The maximum absolute atomic E-state index is 9.37. The van der Waals surface area contributed by atoms with E-state index < -0.39 is 0 Å². The van der Waals surface area contributed by atoms with Crippen LogP contribution in [0.2, 0.25) is 5.28 Å². The average Bonchev–Trinajstić information content (AvgIpc) is 2.95. The first-order valence-corrected chi connectivity index (χ1v) is 6.83. The molecule has 1 aliphatic rings. The van der Waals surface area contributed by atoms with Gasteiger partial charge in [-0.2, -0.15) is 4.98 Å². The molecule has 2 aromatic rings. The normalized spacial score (nSPS) is 20.4. The molecule has 3 rings (SSSR count). The van der Waals surface area contributed by atoms with Gasteiger partial charge in [-0.3, -0.25) is 0 Å². The first kappa shape index (κ1) is 11.2. The van der Waals surface area contributed by atoms with E-state index in [4.69, 9.17) is 11.6 Å². The molecule has 0 bridgehead atoms. The minimum absolute atomic E-state index is 0.157. The second kappa shape index (κ2) is 4.40. The molecule has 1 atom stereocenters. The number of thiophene rings is 1. The van der Waals surface area contributed by atoms with Crippen molar-refractivity contribution in [1.82, 2.24) is 9.97 Å². The van der Waals surface area contributed by atoms with Gasteiger partial charge in [0.05, 0.1) is 18.0 Å². The van der Waals surface area contributed by atoms with Crippen molar-refractivity contribution in [2.45, 2.75) is 18.9 Å². The summed E-state index contributed by atoms with van der Waals surface area (Å²) >= 11 is 7.50. The van der Waals surface area contributed by atoms with Crippen molar-refractivity contribution in [3.63, 3.8) is 0 Å². The highest BCUT2D eigenvalue weighted by Gasteiger charge is 2.27. The second-order valence-corrected chi connectivity index (χ2v) is 5.36. The molecule has 0 aliphatic carbocycles. The van der Waals surface area contributed by atoms with Gasteiger partial charge in [0.1, 0.15) is 10.6 Å². The van der Waals surface area contributed by atoms with Crippen LogP contribution in [0.25, 0.3) is 10.2 Å². The molecule has 6 heteroatoms. The summed E-state index contributed by atoms with van der Waals surface area (Å²) in [6.07, 6.45) is 2.09. The molecule has 17 heavy (non-hydrogen) atoms. The molecule has 1 aliphatic heterocycles. The van der Waals surface area contributed by atoms with Gasteiger partial charge in [-0.25, -0.2) is 4.98 Å². The Morgan fingerprint density at radius 3 is 3.24 bits per heavy atom. The van der Waals surface area contributed by atoms with Crippen molar-refractivity contribution >= 4 is 39.0 Å². The van der Waals surface area contributed by atoms with Crippen molar-refractivity contribution in [2.24, 2.45) is 0 Å². The third kappa shape index (κ3) is 1.88. The summed E-state index contributed by atoms with van der Waals surface area (Å²) in [6, 6.07) is 2.17. The zero-order valence-electron chi connectivity index (χ0n) is 9.14. The minimum atomic E-state index is 0.157. The first-order chi connectivity index (χ1) is 8.29. The molecule has 3 heterocycles. The lowest BCUT2D eigenvalue weighted by Crippen LogP contribution is -2.32. The van der Waals surface area contributed by atoms with Crippen LogP contribution in [0.4, 0.5) is 5.82 Å². The van der Waals surface area contributed by atoms with Crippen LogP contribution in [0.5, 0.6) is 0 Å². The predicted octanol–water partition coefficient (Wildman–Crippen LogP) is 2.31. The Morgan fingerprint density at radius 1 is 1.53 bits per heavy atom. The molecule has 1 saturated heterocycles. The van der Waals surface area contributed by atoms with E-state index in [1.165, 1.54) is 0 Å². The number of aliphatic hydroxyl groups excluding tert-OH is 1. The van der Waals surface area contributed by atoms with Gasteiger partial charge in [-0.05, 0) is 35.9 Å². The number of hydrogen-bond acceptors (Lipinski definition) is 5. The number of anilines is 1. The van der Waals surface area contributed by atoms with Crippen molar-refractivity contribution in [3.8, 4) is 0 Å². The fraction of sp³-hybridized carbons (Fsp3) is 0.455. The Labute approximate surface area is 108 Å². The molecule has 0 saturated carbocycles. The number of fused-ring (bicyclic) bond motifs is 1. The minimum Gasteiger partial charge on any atom is -0.394 e. The molecule has 0 radical (unpaired) electrons. The standard InChI is InChI=1S/C11H12ClN3OS/c12-11-13-9(8-3-5-17-10(8)14-11)15-4-1-2-7(15)6-16/h3,5,7,16H,1-2,4,6H2/t7-/m0/s1. The topological polar surface area (TPSA) is 49.2 Å². The summed E-state index contributed by atoms with van der Waals surface area (Å²) in [5, 5.41) is 12.7. The number of halogens is 1. The van der Waals surface area contributed by atoms with Crippen LogP contribution >= 0.6 is 22.9 Å². The van der Waals surface area contributed by atoms with Crippen molar-refractivity contribution in [2.75, 3.05) is 18.1 Å². The molecule has 0 aromatic carbocycles. The molecule has 0 unspecified atom stereocenters. The highest BCUT2D eigenvalue weighted by Crippen LogP contribution is 2.33. The smallest absolute Gasteiger partial charge is 0.225 e. The lowest BCUT2D eigenvalue weighted by atomic mass is 10.2. The summed E-state index contributed by atoms with van der Waals surface area (Å²) in [6.45, 7) is 1.08. The van der Waals surface area contributed by atoms with Crippen LogP contribution in [0.3, 0.4) is 0 Å². The van der Waals surface area contributed by atoms with Gasteiger partial charge in [0, 0.05) is 6.54 Å². The summed E-state index contributed by atoms with van der Waals surface area (Å²) in [5.74, 6) is 0.859. The Morgan fingerprint density at radius 2 is 2.41 bits per heavy atom. The van der Waals surface area contributed by atoms with Crippen LogP contribution in [-0.2, 0) is 0 Å². The molecular formula is C11H12ClN3OS. The largest absolute Gasteiger partial charge is 0.394 e. The summed E-state index contributed by atoms with van der Waals surface area (Å²) < 4.78 is 0. The maximum atomic E-state index is 9.37. The van der Waals surface area contributed by atoms with E-state index in [9.17, 15) is 5.11 Å². The summed E-state index contributed by atoms with van der Waals surface area (Å²) in [7, 11) is 0. The van der Waals surface area contributed by atoms with Gasteiger partial charge in [-0.15, -0.1) is 11.3 Å². The first-order valence-electron chi connectivity index (χ1n) is 5.58. The van der Waals surface area contributed by atoms with Gasteiger partial charge in [-0.1, -0.05) is 0 Å². The van der Waals surface area contributed by atoms with E-state index in [1.807, 2.05) is 11.4 Å². The lowest BCUT2D eigenvalue weighted by Gasteiger charge is -2.24. The third-order valence-corrected chi connectivity index (χ3v) is 4.11. The van der Waals surface area contributed by atoms with Gasteiger partial charge in [0.15, 0.2) is 0 Å². The Balaban J connectivity index is 2.12. The molecular weight excluding hydrogens is 258 g/mol. The highest BCUT2D eigenvalue weighted by atomic mass is 35.5. The number of rotatable bonds is 2. The van der Waals surface area contributed by atoms with E-state index in [0.29, 0.717) is 0 Å². The van der Waals surface area contributed by atoms with E-state index in [1.54, 1.807) is 11.3 Å². The highest BCUT2D eigenvalue weighted by molar-refractivity contribution is 7.16. The summed E-state index contributed by atoms with van der Waals surface area (Å²) in [4.78, 5) is 11.6. The number of aliphatic hydroxyl groups is 1. The van der Waals surface area contributed by atoms with Gasteiger partial charge < -0.3 is 10.0 Å². The SMILES string of the molecule is OC[C@@H]1CCCN1c1nc(Cl)nc2sccc12. The van der Waals surface area contributed by atoms with Crippen LogP contribution in [-0.4, -0.2) is 34.3 Å². The van der Waals surface area contributed by atoms with Gasteiger partial charge >= 0.3 is 0 Å². The zero-order valence-corrected chi connectivity index (χ0v) is 10.7. The van der Waals surface area contributed by atoms with Crippen LogP contribution < -0.4 is 4.90 Å². The molecule has 0 amide bonds. The lowest BCUT2D eigenvalue weighted by molar-refractivity contribution is 0.266. The van der Waals surface area contributed by atoms with Gasteiger partial charge in [0.25, 0.3) is 0 Å². The van der Waals surface area contributed by atoms with Crippen LogP contribution in [0.1, 0.15) is 12.8 Å². The number of nitrogens with zero attached hydrogens (tertiary/aromatic N) is 3. The Bertz CT molecular complexity index is 544. The fourth-order valence-electron chi connectivity index (χ4n) is 2.34. The number of hydrogen-bond donors (Lipinski definition) is 1. The molecule has 4 nitrogen and oxygen atoms in total. The van der Waals surface area contributed by atoms with Crippen molar-refractivity contribution < 1.29 is 5.11 Å². The van der Waals surface area contributed by atoms with Crippen LogP contribution in [0.15, 0.2) is 11.4 Å². The monoisotopic (exact) mass is 269 g/mol. The average molecular weight is 270 g/mol. The van der Waals surface area contributed by atoms with Crippen molar-refractivity contribution in [1.29, 1.82) is 0 Å². The van der Waals surface area contributed by atoms with E-state index in [2.05, 4.69) is 14.9 Å². The zero-order chi connectivity index (χ0) is 11.8. The van der Waals surface area contributed by atoms with Crippen LogP contribution in [0, 0.1) is 0 Å². The molecule has 0 spiro atoms. The van der Waals surface area contributed by atoms with E-state index in [-0.39, 0.29) is 17.9 Å². The van der Waals surface area contributed by atoms with Gasteiger partial charge in [0.2, 0.25) is 5.28 Å². The molecule has 1 fully saturated rings. The number of aromatic nitrogens is 2. The quantitative estimate of drug-likeness (QED) is 0.850. The van der Waals surface area contributed by atoms with Crippen molar-refractivity contribution in [3.05, 3.63) is 16.7 Å². The Kier molecular flexibility index (Phi) is 2.90. The second-order valence-electron chi connectivity index (χ2n) is 4.13. The molecule has 90 valence electrons. The fourth-order valence-corrected chi connectivity index (χ4v) is 3.31. The maximum Gasteiger partial charge on any atom is 0.225 e. The van der Waals surface area contributed by atoms with E-state index >= 15 is 0 Å². The predicted molar refractivity (Wildman–Crippen MR) is 69.9 cm³/mol. The Hall–Kier alpha value is -0.910.